The summed E-state index contributed by atoms with van der Waals surface area (Å²) < 4.78 is 0.560. The van der Waals surface area contributed by atoms with Crippen LogP contribution in [0.4, 0.5) is 0 Å². The zero-order chi connectivity index (χ0) is 8.43. The van der Waals surface area contributed by atoms with Gasteiger partial charge < -0.3 is 5.11 Å². The molecule has 1 rings (SSSR count). The molecule has 0 aliphatic heterocycles. The van der Waals surface area contributed by atoms with Gasteiger partial charge in [-0.15, -0.1) is 0 Å². The van der Waals surface area contributed by atoms with Crippen LogP contribution in [0.1, 0.15) is 16.1 Å². The van der Waals surface area contributed by atoms with Gasteiger partial charge in [-0.05, 0) is 6.92 Å². The van der Waals surface area contributed by atoms with Crippen LogP contribution in [-0.4, -0.2) is 21.0 Å². The third-order valence-electron chi connectivity index (χ3n) is 1.18. The zero-order valence-electron chi connectivity index (χ0n) is 5.71. The number of hydrogen-bond acceptors (Lipinski definition) is 3. The number of carboxylic acids is 1. The van der Waals surface area contributed by atoms with E-state index in [1.807, 2.05) is 22.6 Å². The van der Waals surface area contributed by atoms with Gasteiger partial charge in [-0.2, -0.15) is 0 Å². The molecule has 1 N–H and O–H groups in total. The zero-order valence-corrected chi connectivity index (χ0v) is 7.86. The van der Waals surface area contributed by atoms with Crippen LogP contribution in [0.3, 0.4) is 0 Å². The van der Waals surface area contributed by atoms with Crippen LogP contribution in [0.25, 0.3) is 0 Å². The van der Waals surface area contributed by atoms with Gasteiger partial charge in [-0.25, -0.2) is 14.8 Å². The first-order valence-electron chi connectivity index (χ1n) is 2.83. The minimum Gasteiger partial charge on any atom is -0.478 e. The predicted molar refractivity (Wildman–Crippen MR) is 46.4 cm³/mol. The van der Waals surface area contributed by atoms with E-state index in [4.69, 9.17) is 5.11 Å². The fourth-order valence-electron chi connectivity index (χ4n) is 0.649. The summed E-state index contributed by atoms with van der Waals surface area (Å²) in [4.78, 5) is 18.1. The van der Waals surface area contributed by atoms with E-state index >= 15 is 0 Å². The van der Waals surface area contributed by atoms with Crippen LogP contribution in [0.5, 0.6) is 0 Å². The molecule has 0 spiro atoms. The van der Waals surface area contributed by atoms with Crippen molar-refractivity contribution in [2.45, 2.75) is 6.92 Å². The van der Waals surface area contributed by atoms with Gasteiger partial charge in [0.2, 0.25) is 0 Å². The molecule has 1 aromatic heterocycles. The molecule has 4 nitrogen and oxygen atoms in total. The van der Waals surface area contributed by atoms with E-state index in [1.165, 1.54) is 6.20 Å². The van der Waals surface area contributed by atoms with Crippen molar-refractivity contribution in [1.29, 1.82) is 0 Å². The number of halogens is 1. The standard InChI is InChI=1S/C6H5IN2O2/c1-3-4(5(10)11)2-8-6(7)9-3/h2H,1H3,(H,10,11). The highest BCUT2D eigenvalue weighted by atomic mass is 127. The fraction of sp³-hybridized carbons (Fsp3) is 0.167. The smallest absolute Gasteiger partial charge is 0.339 e. The second-order valence-corrected chi connectivity index (χ2v) is 2.91. The maximum absolute atomic E-state index is 10.5. The number of aromatic carboxylic acids is 1. The highest BCUT2D eigenvalue weighted by Gasteiger charge is 2.07. The van der Waals surface area contributed by atoms with Crippen LogP contribution in [0.15, 0.2) is 6.20 Å². The van der Waals surface area contributed by atoms with Gasteiger partial charge in [0.25, 0.3) is 0 Å². The summed E-state index contributed by atoms with van der Waals surface area (Å²) >= 11 is 1.93. The maximum atomic E-state index is 10.5. The highest BCUT2D eigenvalue weighted by molar-refractivity contribution is 14.1. The van der Waals surface area contributed by atoms with Gasteiger partial charge in [0.1, 0.15) is 0 Å². The van der Waals surface area contributed by atoms with Crippen LogP contribution < -0.4 is 0 Å². The first-order valence-corrected chi connectivity index (χ1v) is 3.91. The Bertz CT molecular complexity index is 301. The Hall–Kier alpha value is -0.720. The molecule has 0 fully saturated rings. The Labute approximate surface area is 76.8 Å². The second-order valence-electron chi connectivity index (χ2n) is 1.94. The summed E-state index contributed by atoms with van der Waals surface area (Å²) in [5, 5.41) is 8.57. The number of rotatable bonds is 1. The van der Waals surface area contributed by atoms with Crippen molar-refractivity contribution in [2.24, 2.45) is 0 Å². The molecule has 0 radical (unpaired) electrons. The van der Waals surface area contributed by atoms with Gasteiger partial charge in [0.05, 0.1) is 11.3 Å². The van der Waals surface area contributed by atoms with Gasteiger partial charge in [-0.1, -0.05) is 0 Å². The first kappa shape index (κ1) is 8.38. The molecule has 0 unspecified atom stereocenters. The van der Waals surface area contributed by atoms with E-state index in [-0.39, 0.29) is 5.56 Å². The van der Waals surface area contributed by atoms with Crippen LogP contribution in [-0.2, 0) is 0 Å². The summed E-state index contributed by atoms with van der Waals surface area (Å²) in [6.07, 6.45) is 1.31. The third kappa shape index (κ3) is 1.86. The molecule has 0 amide bonds. The number of aromatic nitrogens is 2. The topological polar surface area (TPSA) is 63.1 Å². The minimum atomic E-state index is -0.987. The average molecular weight is 264 g/mol. The van der Waals surface area contributed by atoms with Crippen molar-refractivity contribution >= 4 is 28.6 Å². The maximum Gasteiger partial charge on any atom is 0.339 e. The molecular formula is C6H5IN2O2. The van der Waals surface area contributed by atoms with Crippen molar-refractivity contribution < 1.29 is 9.90 Å². The minimum absolute atomic E-state index is 0.158. The Morgan fingerprint density at radius 1 is 1.73 bits per heavy atom. The summed E-state index contributed by atoms with van der Waals surface area (Å²) in [5.74, 6) is -0.987. The number of hydrogen-bond donors (Lipinski definition) is 1. The summed E-state index contributed by atoms with van der Waals surface area (Å²) in [5.41, 5.74) is 0.655. The Kier molecular flexibility index (Phi) is 2.38. The lowest BCUT2D eigenvalue weighted by Gasteiger charge is -1.97. The Morgan fingerprint density at radius 2 is 2.36 bits per heavy atom. The lowest BCUT2D eigenvalue weighted by atomic mass is 10.2. The van der Waals surface area contributed by atoms with Gasteiger partial charge in [0.15, 0.2) is 3.83 Å². The molecule has 58 valence electrons. The van der Waals surface area contributed by atoms with E-state index in [0.29, 0.717) is 9.53 Å². The molecule has 0 aromatic carbocycles. The van der Waals surface area contributed by atoms with Gasteiger partial charge in [-0.3, -0.25) is 0 Å². The van der Waals surface area contributed by atoms with Crippen molar-refractivity contribution in [3.8, 4) is 0 Å². The lowest BCUT2D eigenvalue weighted by molar-refractivity contribution is 0.0695. The molecule has 0 atom stereocenters. The highest BCUT2D eigenvalue weighted by Crippen LogP contribution is 2.04. The molecule has 1 aromatic rings. The van der Waals surface area contributed by atoms with E-state index in [0.717, 1.165) is 0 Å². The SMILES string of the molecule is Cc1nc(I)ncc1C(=O)O. The summed E-state index contributed by atoms with van der Waals surface area (Å²) in [7, 11) is 0. The number of carbonyl (C=O) groups is 1. The normalized spacial score (nSPS) is 9.64. The summed E-state index contributed by atoms with van der Waals surface area (Å²) in [6, 6.07) is 0. The van der Waals surface area contributed by atoms with E-state index in [1.54, 1.807) is 6.92 Å². The number of nitrogens with zero attached hydrogens (tertiary/aromatic N) is 2. The fourth-order valence-corrected chi connectivity index (χ4v) is 1.15. The molecule has 0 bridgehead atoms. The van der Waals surface area contributed by atoms with Crippen LogP contribution >= 0.6 is 22.6 Å². The number of aryl methyl sites for hydroxylation is 1. The molecule has 0 aliphatic carbocycles. The van der Waals surface area contributed by atoms with E-state index in [9.17, 15) is 4.79 Å². The third-order valence-corrected chi connectivity index (χ3v) is 1.70. The van der Waals surface area contributed by atoms with Crippen molar-refractivity contribution in [1.82, 2.24) is 9.97 Å². The van der Waals surface area contributed by atoms with Crippen molar-refractivity contribution in [3.63, 3.8) is 0 Å². The lowest BCUT2D eigenvalue weighted by Crippen LogP contribution is -2.03. The number of carboxylic acid groups (broad SMARTS) is 1. The van der Waals surface area contributed by atoms with Crippen molar-refractivity contribution in [3.05, 3.63) is 21.3 Å². The molecule has 0 saturated carbocycles. The molecule has 1 heterocycles. The van der Waals surface area contributed by atoms with Crippen molar-refractivity contribution in [2.75, 3.05) is 0 Å². The van der Waals surface area contributed by atoms with Gasteiger partial charge >= 0.3 is 5.97 Å². The molecular weight excluding hydrogens is 259 g/mol. The Morgan fingerprint density at radius 3 is 2.82 bits per heavy atom. The monoisotopic (exact) mass is 264 g/mol. The quantitative estimate of drug-likeness (QED) is 0.609. The summed E-state index contributed by atoms with van der Waals surface area (Å²) in [6.45, 7) is 1.65. The predicted octanol–water partition coefficient (Wildman–Crippen LogP) is 1.09. The molecule has 0 aliphatic rings. The first-order chi connectivity index (χ1) is 5.11. The van der Waals surface area contributed by atoms with Gasteiger partial charge in [0, 0.05) is 28.8 Å². The second kappa shape index (κ2) is 3.12. The Balaban J connectivity index is 3.20. The molecule has 0 saturated heterocycles. The van der Waals surface area contributed by atoms with E-state index < -0.39 is 5.97 Å². The van der Waals surface area contributed by atoms with Crippen LogP contribution in [0.2, 0.25) is 0 Å². The van der Waals surface area contributed by atoms with E-state index in [2.05, 4.69) is 9.97 Å². The molecule has 5 heteroatoms. The average Bonchev–Trinajstić information content (AvgIpc) is 1.85. The molecule has 11 heavy (non-hydrogen) atoms. The van der Waals surface area contributed by atoms with Crippen LogP contribution in [0, 0.1) is 10.8 Å². The largest absolute Gasteiger partial charge is 0.478 e.